The van der Waals surface area contributed by atoms with Gasteiger partial charge in [0.05, 0.1) is 11.6 Å². The zero-order chi connectivity index (χ0) is 35.0. The van der Waals surface area contributed by atoms with E-state index in [9.17, 15) is 5.26 Å². The van der Waals surface area contributed by atoms with E-state index in [4.69, 9.17) is 0 Å². The van der Waals surface area contributed by atoms with Crippen LogP contribution in [0.25, 0.3) is 66.8 Å². The molecule has 7 aromatic rings. The Morgan fingerprint density at radius 1 is 0.431 bits per heavy atom. The van der Waals surface area contributed by atoms with Crippen LogP contribution < -0.4 is 0 Å². The third kappa shape index (κ3) is 7.62. The fourth-order valence-electron chi connectivity index (χ4n) is 6.42. The number of benzene rings is 7. The van der Waals surface area contributed by atoms with E-state index in [-0.39, 0.29) is 0 Å². The number of hydrogen-bond acceptors (Lipinski definition) is 1. The van der Waals surface area contributed by atoms with Crippen LogP contribution in [0.4, 0.5) is 0 Å². The maximum absolute atomic E-state index is 9.97. The van der Waals surface area contributed by atoms with Crippen LogP contribution in [-0.2, 0) is 0 Å². The molecule has 7 rings (SSSR count). The lowest BCUT2D eigenvalue weighted by molar-refractivity contribution is 1.47. The Kier molecular flexibility index (Phi) is 9.77. The van der Waals surface area contributed by atoms with Crippen LogP contribution in [0.3, 0.4) is 0 Å². The highest BCUT2D eigenvalue weighted by Crippen LogP contribution is 2.33. The molecule has 0 N–H and O–H groups in total. The van der Waals surface area contributed by atoms with Crippen molar-refractivity contribution in [3.05, 3.63) is 217 Å². The summed E-state index contributed by atoms with van der Waals surface area (Å²) in [5.41, 5.74) is 16.1. The van der Waals surface area contributed by atoms with Gasteiger partial charge in [0.25, 0.3) is 0 Å². The molecule has 0 saturated carbocycles. The van der Waals surface area contributed by atoms with Crippen molar-refractivity contribution in [2.75, 3.05) is 0 Å². The summed E-state index contributed by atoms with van der Waals surface area (Å²) in [7, 11) is 0. The average Bonchev–Trinajstić information content (AvgIpc) is 3.21. The maximum Gasteiger partial charge on any atom is 0.0992 e. The first-order valence-electron chi connectivity index (χ1n) is 17.2. The summed E-state index contributed by atoms with van der Waals surface area (Å²) >= 11 is 0. The minimum atomic E-state index is 0.627. The number of allylic oxidation sites excluding steroid dienone is 5. The largest absolute Gasteiger partial charge is 0.192 e. The highest BCUT2D eigenvalue weighted by molar-refractivity contribution is 5.83. The predicted molar refractivity (Wildman–Crippen MR) is 217 cm³/mol. The van der Waals surface area contributed by atoms with Gasteiger partial charge in [0.2, 0.25) is 0 Å². The van der Waals surface area contributed by atoms with Crippen molar-refractivity contribution in [2.45, 2.75) is 6.92 Å². The van der Waals surface area contributed by atoms with Crippen LogP contribution >= 0.6 is 0 Å². The molecule has 0 fully saturated rings. The van der Waals surface area contributed by atoms with Crippen LogP contribution in [0.1, 0.15) is 23.6 Å². The summed E-state index contributed by atoms with van der Waals surface area (Å²) in [5.74, 6) is 0. The molecule has 0 bridgehead atoms. The zero-order valence-electron chi connectivity index (χ0n) is 28.6. The molecule has 0 atom stereocenters. The Morgan fingerprint density at radius 3 is 1.41 bits per heavy atom. The molecule has 7 aromatic carbocycles. The van der Waals surface area contributed by atoms with Crippen LogP contribution in [0, 0.1) is 11.3 Å². The molecule has 0 unspecified atom stereocenters. The molecule has 0 saturated heterocycles. The van der Waals surface area contributed by atoms with E-state index in [1.807, 2.05) is 31.2 Å². The second-order valence-electron chi connectivity index (χ2n) is 12.6. The highest BCUT2D eigenvalue weighted by Gasteiger charge is 2.09. The molecule has 0 aliphatic carbocycles. The Morgan fingerprint density at radius 2 is 0.843 bits per heavy atom. The molecule has 0 spiro atoms. The van der Waals surface area contributed by atoms with Gasteiger partial charge in [-0.15, -0.1) is 0 Å². The van der Waals surface area contributed by atoms with E-state index in [1.165, 1.54) is 27.8 Å². The number of nitrogens with zero attached hydrogens (tertiary/aromatic N) is 1. The molecule has 0 amide bonds. The van der Waals surface area contributed by atoms with Crippen molar-refractivity contribution >= 4 is 11.1 Å². The van der Waals surface area contributed by atoms with E-state index in [0.717, 1.165) is 50.1 Å². The van der Waals surface area contributed by atoms with Crippen LogP contribution in [-0.4, -0.2) is 0 Å². The van der Waals surface area contributed by atoms with Crippen molar-refractivity contribution < 1.29 is 0 Å². The first kappa shape index (κ1) is 32.8. The molecule has 0 aromatic heterocycles. The number of hydrogen-bond donors (Lipinski definition) is 0. The standard InChI is InChI=1S/C50H37N/c1-3-38(39-12-6-4-7-13-39)21-20-36(2)45-16-10-19-48(32-45)50-31-37(35-51)30-49(34-50)44-28-26-43(27-29-44)47-18-11-17-46(33-47)42-24-22-41(23-25-42)40-14-8-5-9-15-40/h3-34H,2H2,1H3/b21-20-,38-3+. The number of rotatable bonds is 9. The quantitative estimate of drug-likeness (QED) is 0.143. The van der Waals surface area contributed by atoms with Gasteiger partial charge < -0.3 is 0 Å². The molecule has 242 valence electrons. The molecule has 1 heteroatoms. The van der Waals surface area contributed by atoms with E-state index >= 15 is 0 Å². The smallest absolute Gasteiger partial charge is 0.0992 e. The first-order valence-corrected chi connectivity index (χ1v) is 17.2. The van der Waals surface area contributed by atoms with Crippen molar-refractivity contribution in [1.82, 2.24) is 0 Å². The monoisotopic (exact) mass is 651 g/mol. The normalized spacial score (nSPS) is 11.3. The van der Waals surface area contributed by atoms with E-state index in [0.29, 0.717) is 5.56 Å². The Bertz CT molecular complexity index is 2400. The van der Waals surface area contributed by atoms with Gasteiger partial charge in [-0.1, -0.05) is 170 Å². The average molecular weight is 652 g/mol. The maximum atomic E-state index is 9.97. The fraction of sp³-hybridized carbons (Fsp3) is 0.0200. The minimum Gasteiger partial charge on any atom is -0.192 e. The Balaban J connectivity index is 1.11. The van der Waals surface area contributed by atoms with Crippen LogP contribution in [0.15, 0.2) is 201 Å². The molecule has 51 heavy (non-hydrogen) atoms. The van der Waals surface area contributed by atoms with Gasteiger partial charge in [0, 0.05) is 0 Å². The van der Waals surface area contributed by atoms with Crippen molar-refractivity contribution in [1.29, 1.82) is 5.26 Å². The molecule has 0 aliphatic heterocycles. The van der Waals surface area contributed by atoms with Gasteiger partial charge in [-0.2, -0.15) is 5.26 Å². The minimum absolute atomic E-state index is 0.627. The second kappa shape index (κ2) is 15.2. The summed E-state index contributed by atoms with van der Waals surface area (Å²) in [4.78, 5) is 0. The van der Waals surface area contributed by atoms with Crippen molar-refractivity contribution in [3.8, 4) is 61.7 Å². The van der Waals surface area contributed by atoms with E-state index in [1.54, 1.807) is 0 Å². The topological polar surface area (TPSA) is 23.8 Å². The second-order valence-corrected chi connectivity index (χ2v) is 12.6. The molecular formula is C50H37N. The third-order valence-corrected chi connectivity index (χ3v) is 9.25. The van der Waals surface area contributed by atoms with Gasteiger partial charge in [-0.25, -0.2) is 0 Å². The van der Waals surface area contributed by atoms with Gasteiger partial charge >= 0.3 is 0 Å². The highest BCUT2D eigenvalue weighted by atomic mass is 14.2. The Hall–Kier alpha value is -6.75. The van der Waals surface area contributed by atoms with Gasteiger partial charge in [0.15, 0.2) is 0 Å². The van der Waals surface area contributed by atoms with Gasteiger partial charge in [-0.05, 0) is 115 Å². The van der Waals surface area contributed by atoms with Gasteiger partial charge in [0.1, 0.15) is 0 Å². The Labute approximate surface area is 301 Å². The van der Waals surface area contributed by atoms with Crippen molar-refractivity contribution in [3.63, 3.8) is 0 Å². The number of nitriles is 1. The molecule has 0 radical (unpaired) electrons. The fourth-order valence-corrected chi connectivity index (χ4v) is 6.42. The molecule has 1 nitrogen and oxygen atoms in total. The summed E-state index contributed by atoms with van der Waals surface area (Å²) in [5, 5.41) is 9.97. The van der Waals surface area contributed by atoms with Crippen LogP contribution in [0.5, 0.6) is 0 Å². The summed E-state index contributed by atoms with van der Waals surface area (Å²) in [6.07, 6.45) is 6.29. The van der Waals surface area contributed by atoms with Crippen LogP contribution in [0.2, 0.25) is 0 Å². The van der Waals surface area contributed by atoms with E-state index in [2.05, 4.69) is 183 Å². The molecular weight excluding hydrogens is 615 g/mol. The summed E-state index contributed by atoms with van der Waals surface area (Å²) in [6.45, 7) is 6.41. The lowest BCUT2D eigenvalue weighted by atomic mass is 9.93. The first-order chi connectivity index (χ1) is 25.1. The summed E-state index contributed by atoms with van der Waals surface area (Å²) < 4.78 is 0. The molecule has 0 aliphatic rings. The third-order valence-electron chi connectivity index (χ3n) is 9.25. The van der Waals surface area contributed by atoms with Crippen molar-refractivity contribution in [2.24, 2.45) is 0 Å². The lowest BCUT2D eigenvalue weighted by Crippen LogP contribution is -1.88. The van der Waals surface area contributed by atoms with Gasteiger partial charge in [-0.3, -0.25) is 0 Å². The van der Waals surface area contributed by atoms with E-state index < -0.39 is 0 Å². The molecule has 0 heterocycles. The zero-order valence-corrected chi connectivity index (χ0v) is 28.6. The predicted octanol–water partition coefficient (Wildman–Crippen LogP) is 13.6. The SMILES string of the molecule is C=C(/C=C\C(=C/C)c1ccccc1)c1cccc(-c2cc(C#N)cc(-c3ccc(-c4cccc(-c5ccc(-c6ccccc6)cc5)c4)cc3)c2)c1. The lowest BCUT2D eigenvalue weighted by Gasteiger charge is -2.11. The summed E-state index contributed by atoms with van der Waals surface area (Å²) in [6, 6.07) is 63.7.